The summed E-state index contributed by atoms with van der Waals surface area (Å²) in [6.07, 6.45) is 13.5. The summed E-state index contributed by atoms with van der Waals surface area (Å²) < 4.78 is 0. The van der Waals surface area contributed by atoms with Gasteiger partial charge in [-0.2, -0.15) is 0 Å². The van der Waals surface area contributed by atoms with E-state index >= 15 is 0 Å². The number of piperazine rings is 2. The summed E-state index contributed by atoms with van der Waals surface area (Å²) in [5, 5.41) is 18.6. The Morgan fingerprint density at radius 3 is 1.32 bits per heavy atom. The van der Waals surface area contributed by atoms with Crippen LogP contribution in [0.4, 0.5) is 0 Å². The highest BCUT2D eigenvalue weighted by Crippen LogP contribution is 2.32. The Hall–Kier alpha value is -5.16. The van der Waals surface area contributed by atoms with E-state index in [1.54, 1.807) is 37.7 Å². The largest absolute Gasteiger partial charge is 0.347 e. The monoisotopic (exact) mass is 1020 g/mol. The number of unbranched alkanes of at least 4 members (excludes halogenated alkanes) is 2. The van der Waals surface area contributed by atoms with Gasteiger partial charge in [0.25, 0.3) is 0 Å². The first-order valence-corrected chi connectivity index (χ1v) is 27.6. The predicted octanol–water partition coefficient (Wildman–Crippen LogP) is 4.79. The van der Waals surface area contributed by atoms with Gasteiger partial charge in [0.15, 0.2) is 0 Å². The molecule has 6 N–H and O–H groups in total. The number of carbonyl (C=O) groups is 6. The van der Waals surface area contributed by atoms with Gasteiger partial charge in [-0.25, -0.2) is 0 Å². The molecule has 0 spiro atoms. The van der Waals surface area contributed by atoms with Crippen LogP contribution in [0.3, 0.4) is 0 Å². The molecule has 2 aliphatic carbocycles. The van der Waals surface area contributed by atoms with Gasteiger partial charge in [0, 0.05) is 39.3 Å². The van der Waals surface area contributed by atoms with Gasteiger partial charge in [-0.15, -0.1) is 0 Å². The summed E-state index contributed by atoms with van der Waals surface area (Å²) in [5.41, 5.74) is 3.60. The van der Waals surface area contributed by atoms with Gasteiger partial charge in [0.2, 0.25) is 35.4 Å². The van der Waals surface area contributed by atoms with E-state index in [0.29, 0.717) is 39.3 Å². The minimum Gasteiger partial charge on any atom is -0.347 e. The van der Waals surface area contributed by atoms with E-state index in [9.17, 15) is 28.8 Å². The molecular weight excluding hydrogens is 933 g/mol. The van der Waals surface area contributed by atoms with Crippen LogP contribution in [0.1, 0.15) is 141 Å². The molecule has 4 aliphatic rings. The maximum absolute atomic E-state index is 14.5. The number of fused-ring (bicyclic) bond motifs is 2. The second-order valence-electron chi connectivity index (χ2n) is 23.4. The standard InChI is InChI=1S/C58H90N10O6/c1-39(59-9)51(69)63-49(57(3,4)5)55(73)67-35-33-65(37-47(67)53(71)61-45-29-21-25-41-23-15-17-27-43(41)45)31-19-13-11-12-14-20-32-66-34-36-68(56(74)50(58(6,7)8)64-52(70)40(2)60-10)48(38-66)54(72)62-46-30-22-26-42-24-16-18-28-44(42)46/h11-12,15-18,23-24,27-28,39-40,45-50,59-60H,13-14,19-22,25-26,29-38H2,1-10H3,(H,61,71)(H,62,72)(H,63,69)(H,64,70)/b12-11+/t39-,40-,45+,46+,47-,48-,49+,50+/m0/s1. The van der Waals surface area contributed by atoms with Crippen molar-refractivity contribution in [3.63, 3.8) is 0 Å². The maximum Gasteiger partial charge on any atom is 0.246 e. The molecule has 0 aromatic heterocycles. The number of carbonyl (C=O) groups excluding carboxylic acids is 6. The molecule has 16 nitrogen and oxygen atoms in total. The van der Waals surface area contributed by atoms with Crippen molar-refractivity contribution in [2.75, 3.05) is 66.5 Å². The number of amides is 6. The number of rotatable bonds is 20. The van der Waals surface area contributed by atoms with Crippen molar-refractivity contribution >= 4 is 35.4 Å². The van der Waals surface area contributed by atoms with Gasteiger partial charge in [-0.1, -0.05) is 102 Å². The van der Waals surface area contributed by atoms with Crippen LogP contribution in [0.2, 0.25) is 0 Å². The van der Waals surface area contributed by atoms with Gasteiger partial charge in [-0.05, 0) is 138 Å². The lowest BCUT2D eigenvalue weighted by molar-refractivity contribution is -0.149. The Bertz CT molecular complexity index is 2120. The molecule has 0 unspecified atom stereocenters. The smallest absolute Gasteiger partial charge is 0.246 e. The van der Waals surface area contributed by atoms with E-state index in [-0.39, 0.29) is 47.5 Å². The highest BCUT2D eigenvalue weighted by atomic mass is 16.2. The van der Waals surface area contributed by atoms with Crippen LogP contribution in [-0.4, -0.2) is 158 Å². The zero-order valence-electron chi connectivity index (χ0n) is 46.4. The molecule has 408 valence electrons. The summed E-state index contributed by atoms with van der Waals surface area (Å²) in [4.78, 5) is 92.2. The summed E-state index contributed by atoms with van der Waals surface area (Å²) >= 11 is 0. The third kappa shape index (κ3) is 15.2. The van der Waals surface area contributed by atoms with Crippen molar-refractivity contribution in [3.8, 4) is 0 Å². The van der Waals surface area contributed by atoms with Gasteiger partial charge in [0.1, 0.15) is 24.2 Å². The fourth-order valence-corrected chi connectivity index (χ4v) is 10.9. The summed E-state index contributed by atoms with van der Waals surface area (Å²) in [7, 11) is 3.43. The van der Waals surface area contributed by atoms with Gasteiger partial charge >= 0.3 is 0 Å². The van der Waals surface area contributed by atoms with Crippen LogP contribution in [0.5, 0.6) is 0 Å². The zero-order valence-corrected chi connectivity index (χ0v) is 46.4. The Morgan fingerprint density at radius 1 is 0.581 bits per heavy atom. The highest BCUT2D eigenvalue weighted by molar-refractivity contribution is 5.95. The molecule has 0 saturated carbocycles. The fraction of sp³-hybridized carbons (Fsp3) is 0.655. The van der Waals surface area contributed by atoms with Gasteiger partial charge in [-0.3, -0.25) is 38.6 Å². The van der Waals surface area contributed by atoms with Crippen LogP contribution in [0, 0.1) is 10.8 Å². The van der Waals surface area contributed by atoms with E-state index < -0.39 is 47.1 Å². The predicted molar refractivity (Wildman–Crippen MR) is 292 cm³/mol. The number of hydrogen-bond acceptors (Lipinski definition) is 10. The molecule has 74 heavy (non-hydrogen) atoms. The van der Waals surface area contributed by atoms with Crippen LogP contribution >= 0.6 is 0 Å². The molecule has 8 atom stereocenters. The minimum atomic E-state index is -0.813. The molecule has 0 bridgehead atoms. The van der Waals surface area contributed by atoms with E-state index in [1.807, 2.05) is 65.8 Å². The zero-order chi connectivity index (χ0) is 53.7. The van der Waals surface area contributed by atoms with Crippen molar-refractivity contribution in [3.05, 3.63) is 82.9 Å². The molecule has 0 radical (unpaired) electrons. The average Bonchev–Trinajstić information content (AvgIpc) is 3.38. The van der Waals surface area contributed by atoms with Crippen LogP contribution in [-0.2, 0) is 41.6 Å². The molecule has 2 aromatic carbocycles. The average molecular weight is 1020 g/mol. The number of allylic oxidation sites excluding steroid dienone is 2. The Labute approximate surface area is 442 Å². The maximum atomic E-state index is 14.5. The second-order valence-corrected chi connectivity index (χ2v) is 23.4. The summed E-state index contributed by atoms with van der Waals surface area (Å²) in [5.74, 6) is -1.34. The van der Waals surface area contributed by atoms with E-state index in [1.165, 1.54) is 11.1 Å². The lowest BCUT2D eigenvalue weighted by Gasteiger charge is -2.44. The summed E-state index contributed by atoms with van der Waals surface area (Å²) in [6.45, 7) is 19.5. The molecule has 2 saturated heterocycles. The number of likely N-dealkylation sites (N-methyl/N-ethyl adjacent to an activating group) is 2. The quantitative estimate of drug-likeness (QED) is 0.0796. The Kier molecular flexibility index (Phi) is 20.8. The molecule has 2 fully saturated rings. The first-order valence-electron chi connectivity index (χ1n) is 27.6. The lowest BCUT2D eigenvalue weighted by Crippen LogP contribution is -2.66. The lowest BCUT2D eigenvalue weighted by atomic mass is 9.85. The first kappa shape index (κ1) is 58.1. The molecule has 2 aromatic rings. The van der Waals surface area contributed by atoms with Crippen molar-refractivity contribution in [2.45, 2.75) is 168 Å². The first-order chi connectivity index (χ1) is 35.2. The third-order valence-corrected chi connectivity index (χ3v) is 15.8. The number of hydrogen-bond donors (Lipinski definition) is 6. The highest BCUT2D eigenvalue weighted by Gasteiger charge is 2.45. The number of aryl methyl sites for hydroxylation is 2. The Balaban J connectivity index is 1.05. The van der Waals surface area contributed by atoms with Crippen molar-refractivity contribution in [1.82, 2.24) is 51.5 Å². The number of benzene rings is 2. The topological polar surface area (TPSA) is 188 Å². The van der Waals surface area contributed by atoms with Crippen molar-refractivity contribution in [1.29, 1.82) is 0 Å². The van der Waals surface area contributed by atoms with Crippen molar-refractivity contribution < 1.29 is 28.8 Å². The van der Waals surface area contributed by atoms with Crippen LogP contribution in [0.25, 0.3) is 0 Å². The van der Waals surface area contributed by atoms with Crippen LogP contribution < -0.4 is 31.9 Å². The second kappa shape index (κ2) is 26.6. The SMILES string of the molecule is CN[C@@H](C)C(=O)N[C@H](C(=O)N1CCN(CCC/C=C/CCCN2CCN(C(=O)[C@@H](NC(=O)[C@H](C)NC)C(C)(C)C)[C@H](C(=O)N[C@@H]3CCCc4ccccc43)C2)C[C@H]1C(=O)N[C@@H]1CCCc2ccccc21)C(C)(C)C. The van der Waals surface area contributed by atoms with E-state index in [0.717, 1.165) is 88.4 Å². The molecular formula is C58H90N10O6. The third-order valence-electron chi connectivity index (χ3n) is 15.8. The normalized spacial score (nSPS) is 22.4. The number of nitrogens with one attached hydrogen (secondary N) is 6. The summed E-state index contributed by atoms with van der Waals surface area (Å²) in [6, 6.07) is 12.3. The molecule has 16 heteroatoms. The van der Waals surface area contributed by atoms with Gasteiger partial charge < -0.3 is 41.7 Å². The van der Waals surface area contributed by atoms with E-state index in [4.69, 9.17) is 0 Å². The van der Waals surface area contributed by atoms with Gasteiger partial charge in [0.05, 0.1) is 24.2 Å². The molecule has 6 rings (SSSR count). The number of nitrogens with zero attached hydrogens (tertiary/aromatic N) is 4. The molecule has 2 aliphatic heterocycles. The fourth-order valence-electron chi connectivity index (χ4n) is 10.9. The Morgan fingerprint density at radius 2 is 0.959 bits per heavy atom. The van der Waals surface area contributed by atoms with Crippen LogP contribution in [0.15, 0.2) is 60.7 Å². The molecule has 6 amide bonds. The molecule has 2 heterocycles. The van der Waals surface area contributed by atoms with E-state index in [2.05, 4.69) is 78.1 Å². The van der Waals surface area contributed by atoms with Crippen molar-refractivity contribution in [2.24, 2.45) is 10.8 Å². The minimum absolute atomic E-state index is 0.127.